The number of piperidine rings is 1. The second kappa shape index (κ2) is 7.50. The number of carbonyl (C=O) groups is 1. The summed E-state index contributed by atoms with van der Waals surface area (Å²) in [5.74, 6) is 1.39. The van der Waals surface area contributed by atoms with E-state index in [1.165, 1.54) is 6.07 Å². The molecule has 2 aliphatic heterocycles. The minimum atomic E-state index is -0.149. The maximum Gasteiger partial charge on any atom is 0.252 e. The Balaban J connectivity index is 1.50. The van der Waals surface area contributed by atoms with Crippen LogP contribution in [0.1, 0.15) is 43.5 Å². The molecule has 2 aromatic heterocycles. The predicted octanol–water partition coefficient (Wildman–Crippen LogP) is 1.92. The fourth-order valence-electron chi connectivity index (χ4n) is 3.85. The van der Waals surface area contributed by atoms with Crippen molar-refractivity contribution in [2.24, 2.45) is 5.92 Å². The van der Waals surface area contributed by atoms with E-state index in [9.17, 15) is 9.59 Å². The first-order valence-corrected chi connectivity index (χ1v) is 9.62. The van der Waals surface area contributed by atoms with Crippen molar-refractivity contribution in [1.82, 2.24) is 19.9 Å². The average Bonchev–Trinajstić information content (AvgIpc) is 3.03. The highest BCUT2D eigenvalue weighted by Gasteiger charge is 2.32. The van der Waals surface area contributed by atoms with Gasteiger partial charge in [-0.15, -0.1) is 0 Å². The first-order valence-electron chi connectivity index (χ1n) is 9.62. The summed E-state index contributed by atoms with van der Waals surface area (Å²) in [5, 5.41) is 0. The van der Waals surface area contributed by atoms with E-state index in [1.54, 1.807) is 11.1 Å². The lowest BCUT2D eigenvalue weighted by atomic mass is 9.99. The highest BCUT2D eigenvalue weighted by atomic mass is 16.2. The average molecular weight is 367 g/mol. The Morgan fingerprint density at radius 1 is 1.22 bits per heavy atom. The minimum absolute atomic E-state index is 0.0500. The van der Waals surface area contributed by atoms with Crippen molar-refractivity contribution in [1.29, 1.82) is 0 Å². The number of nitrogens with one attached hydrogen (secondary N) is 1. The van der Waals surface area contributed by atoms with Gasteiger partial charge in [0.15, 0.2) is 0 Å². The summed E-state index contributed by atoms with van der Waals surface area (Å²) in [6, 6.07) is 7.24. The molecule has 1 amide bonds. The highest BCUT2D eigenvalue weighted by molar-refractivity contribution is 5.79. The number of nitrogens with zero attached hydrogens (tertiary/aromatic N) is 4. The summed E-state index contributed by atoms with van der Waals surface area (Å²) in [5.41, 5.74) is 1.43. The summed E-state index contributed by atoms with van der Waals surface area (Å²) in [6.45, 7) is 5.13. The van der Waals surface area contributed by atoms with E-state index in [4.69, 9.17) is 4.98 Å². The number of hydrogen-bond donors (Lipinski definition) is 1. The fourth-order valence-corrected chi connectivity index (χ4v) is 3.85. The number of hydrogen-bond acceptors (Lipinski definition) is 5. The van der Waals surface area contributed by atoms with Crippen molar-refractivity contribution < 1.29 is 4.79 Å². The van der Waals surface area contributed by atoms with E-state index in [2.05, 4.69) is 21.8 Å². The maximum atomic E-state index is 12.4. The van der Waals surface area contributed by atoms with Gasteiger partial charge in [0.2, 0.25) is 11.9 Å². The van der Waals surface area contributed by atoms with Crippen LogP contribution in [-0.2, 0) is 11.3 Å². The van der Waals surface area contributed by atoms with Crippen LogP contribution in [-0.4, -0.2) is 45.4 Å². The molecule has 7 heteroatoms. The van der Waals surface area contributed by atoms with Crippen LogP contribution >= 0.6 is 0 Å². The molecule has 27 heavy (non-hydrogen) atoms. The number of H-pyrrole nitrogens is 1. The van der Waals surface area contributed by atoms with E-state index in [0.717, 1.165) is 31.6 Å². The highest BCUT2D eigenvalue weighted by Crippen LogP contribution is 2.28. The van der Waals surface area contributed by atoms with Gasteiger partial charge in [0.1, 0.15) is 0 Å². The molecule has 0 aromatic carbocycles. The molecule has 0 spiro atoms. The third-order valence-corrected chi connectivity index (χ3v) is 5.54. The molecule has 142 valence electrons. The van der Waals surface area contributed by atoms with Gasteiger partial charge in [0.25, 0.3) is 5.56 Å². The Morgan fingerprint density at radius 3 is 2.78 bits per heavy atom. The molecular formula is C20H25N5O2. The number of aromatic amines is 1. The van der Waals surface area contributed by atoms with Crippen molar-refractivity contribution in [3.63, 3.8) is 0 Å². The molecule has 2 aromatic rings. The number of rotatable bonds is 4. The Labute approximate surface area is 158 Å². The maximum absolute atomic E-state index is 12.4. The van der Waals surface area contributed by atoms with Gasteiger partial charge in [-0.05, 0) is 30.9 Å². The predicted molar refractivity (Wildman–Crippen MR) is 102 cm³/mol. The smallest absolute Gasteiger partial charge is 0.252 e. The number of carbonyl (C=O) groups excluding carboxylic acids is 1. The SMILES string of the molecule is CC1CCN(c2nc([C@H]3CC(=O)N(Cc4ccccn4)C3)cc(=O)[nH]2)CC1. The van der Waals surface area contributed by atoms with Gasteiger partial charge >= 0.3 is 0 Å². The first-order chi connectivity index (χ1) is 13.1. The van der Waals surface area contributed by atoms with E-state index in [-0.39, 0.29) is 17.4 Å². The first kappa shape index (κ1) is 17.7. The van der Waals surface area contributed by atoms with Gasteiger partial charge in [-0.25, -0.2) is 4.98 Å². The molecule has 0 bridgehead atoms. The summed E-state index contributed by atoms with van der Waals surface area (Å²) >= 11 is 0. The second-order valence-electron chi connectivity index (χ2n) is 7.66. The number of pyridine rings is 1. The zero-order valence-electron chi connectivity index (χ0n) is 15.6. The van der Waals surface area contributed by atoms with Crippen LogP contribution in [0.25, 0.3) is 0 Å². The van der Waals surface area contributed by atoms with Crippen molar-refractivity contribution in [3.05, 3.63) is 52.2 Å². The van der Waals surface area contributed by atoms with Gasteiger partial charge in [-0.2, -0.15) is 0 Å². The Hall–Kier alpha value is -2.70. The monoisotopic (exact) mass is 367 g/mol. The van der Waals surface area contributed by atoms with Crippen molar-refractivity contribution in [2.45, 2.75) is 38.6 Å². The molecule has 4 rings (SSSR count). The molecule has 1 atom stereocenters. The van der Waals surface area contributed by atoms with Crippen molar-refractivity contribution in [3.8, 4) is 0 Å². The van der Waals surface area contributed by atoms with Crippen LogP contribution in [0, 0.1) is 5.92 Å². The lowest BCUT2D eigenvalue weighted by Crippen LogP contribution is -2.35. The molecule has 7 nitrogen and oxygen atoms in total. The van der Waals surface area contributed by atoms with Crippen molar-refractivity contribution in [2.75, 3.05) is 24.5 Å². The summed E-state index contributed by atoms with van der Waals surface area (Å²) in [6.07, 6.45) is 4.33. The van der Waals surface area contributed by atoms with Gasteiger partial charge < -0.3 is 9.80 Å². The fraction of sp³-hybridized carbons (Fsp3) is 0.500. The number of anilines is 1. The standard InChI is InChI=1S/C20H25N5O2/c1-14-5-8-24(9-6-14)20-22-17(11-18(26)23-20)15-10-19(27)25(12-15)13-16-4-2-3-7-21-16/h2-4,7,11,14-15H,5-6,8-10,12-13H2,1H3,(H,22,23,26)/t15-/m0/s1. The third kappa shape index (κ3) is 4.02. The van der Waals surface area contributed by atoms with E-state index >= 15 is 0 Å². The van der Waals surface area contributed by atoms with Gasteiger partial charge in [-0.3, -0.25) is 19.6 Å². The Bertz CT molecular complexity index is 858. The lowest BCUT2D eigenvalue weighted by Gasteiger charge is -2.30. The van der Waals surface area contributed by atoms with E-state index in [0.29, 0.717) is 37.1 Å². The van der Waals surface area contributed by atoms with Crippen LogP contribution in [0.4, 0.5) is 5.95 Å². The molecule has 2 aliphatic rings. The molecule has 2 fully saturated rings. The number of likely N-dealkylation sites (tertiary alicyclic amines) is 1. The zero-order chi connectivity index (χ0) is 18.8. The minimum Gasteiger partial charge on any atom is -0.342 e. The Morgan fingerprint density at radius 2 is 2.04 bits per heavy atom. The molecule has 4 heterocycles. The largest absolute Gasteiger partial charge is 0.342 e. The topological polar surface area (TPSA) is 82.2 Å². The molecule has 0 unspecified atom stereocenters. The van der Waals surface area contributed by atoms with Crippen LogP contribution in [0.15, 0.2) is 35.3 Å². The molecule has 2 saturated heterocycles. The molecule has 1 N–H and O–H groups in total. The summed E-state index contributed by atoms with van der Waals surface area (Å²) < 4.78 is 0. The molecular weight excluding hydrogens is 342 g/mol. The van der Waals surface area contributed by atoms with Crippen LogP contribution in [0.5, 0.6) is 0 Å². The molecule has 0 saturated carbocycles. The number of aromatic nitrogens is 3. The van der Waals surface area contributed by atoms with Crippen LogP contribution in [0.3, 0.4) is 0 Å². The molecule has 0 aliphatic carbocycles. The van der Waals surface area contributed by atoms with E-state index < -0.39 is 0 Å². The van der Waals surface area contributed by atoms with Crippen molar-refractivity contribution >= 4 is 11.9 Å². The van der Waals surface area contributed by atoms with Crippen LogP contribution in [0.2, 0.25) is 0 Å². The lowest BCUT2D eigenvalue weighted by molar-refractivity contribution is -0.128. The van der Waals surface area contributed by atoms with Gasteiger partial charge in [0.05, 0.1) is 17.9 Å². The summed E-state index contributed by atoms with van der Waals surface area (Å²) in [7, 11) is 0. The molecule has 0 radical (unpaired) electrons. The second-order valence-corrected chi connectivity index (χ2v) is 7.66. The van der Waals surface area contributed by atoms with Crippen LogP contribution < -0.4 is 10.5 Å². The third-order valence-electron chi connectivity index (χ3n) is 5.54. The van der Waals surface area contributed by atoms with E-state index in [1.807, 2.05) is 18.2 Å². The Kier molecular flexibility index (Phi) is 4.92. The normalized spacial score (nSPS) is 21.1. The zero-order valence-corrected chi connectivity index (χ0v) is 15.6. The summed E-state index contributed by atoms with van der Waals surface area (Å²) in [4.78, 5) is 40.5. The number of amides is 1. The quantitative estimate of drug-likeness (QED) is 0.893. The van der Waals surface area contributed by atoms with Gasteiger partial charge in [0, 0.05) is 44.2 Å². The van der Waals surface area contributed by atoms with Gasteiger partial charge in [-0.1, -0.05) is 13.0 Å².